The van der Waals surface area contributed by atoms with Gasteiger partial charge in [-0.25, -0.2) is 0 Å². The first-order valence-electron chi connectivity index (χ1n) is 6.75. The van der Waals surface area contributed by atoms with Gasteiger partial charge in [0.1, 0.15) is 5.75 Å². The molecule has 0 aliphatic carbocycles. The molecule has 1 aliphatic rings. The molecule has 1 aliphatic heterocycles. The zero-order valence-corrected chi connectivity index (χ0v) is 15.7. The third kappa shape index (κ3) is 2.88. The zero-order valence-electron chi connectivity index (χ0n) is 11.8. The van der Waals surface area contributed by atoms with Crippen LogP contribution in [0.5, 0.6) is 5.75 Å². The topological polar surface area (TPSA) is 9.23 Å². The van der Waals surface area contributed by atoms with Gasteiger partial charge in [0.15, 0.2) is 0 Å². The monoisotopic (exact) mass is 428 g/mol. The van der Waals surface area contributed by atoms with Crippen LogP contribution >= 0.6 is 43.5 Å². The molecule has 0 amide bonds. The van der Waals surface area contributed by atoms with Crippen LogP contribution in [-0.4, -0.2) is 6.61 Å². The van der Waals surface area contributed by atoms with E-state index in [-0.39, 0.29) is 10.2 Å². The standard InChI is InChI=1S/C17H15Br2ClO/c1-17(2)9-21-15-6-3-10(7-13(15)17)16(19)12-8-11(18)4-5-14(12)20/h3-8,16H,9H2,1-2H3. The number of rotatable bonds is 2. The van der Waals surface area contributed by atoms with Crippen LogP contribution in [0.2, 0.25) is 5.02 Å². The maximum atomic E-state index is 6.34. The van der Waals surface area contributed by atoms with Gasteiger partial charge in [-0.2, -0.15) is 0 Å². The SMILES string of the molecule is CC1(C)COc2ccc(C(Br)c3cc(Br)ccc3Cl)cc21. The molecule has 0 fully saturated rings. The number of ether oxygens (including phenoxy) is 1. The lowest BCUT2D eigenvalue weighted by Gasteiger charge is -2.18. The highest BCUT2D eigenvalue weighted by Gasteiger charge is 2.32. The molecule has 2 aromatic carbocycles. The molecular formula is C17H15Br2ClO. The number of benzene rings is 2. The number of hydrogen-bond acceptors (Lipinski definition) is 1. The Balaban J connectivity index is 2.03. The first-order chi connectivity index (χ1) is 9.88. The highest BCUT2D eigenvalue weighted by molar-refractivity contribution is 9.10. The summed E-state index contributed by atoms with van der Waals surface area (Å²) in [6.45, 7) is 5.15. The largest absolute Gasteiger partial charge is 0.492 e. The van der Waals surface area contributed by atoms with Crippen molar-refractivity contribution < 1.29 is 4.74 Å². The van der Waals surface area contributed by atoms with Gasteiger partial charge < -0.3 is 4.74 Å². The highest BCUT2D eigenvalue weighted by Crippen LogP contribution is 2.43. The van der Waals surface area contributed by atoms with Gasteiger partial charge in [0.2, 0.25) is 0 Å². The van der Waals surface area contributed by atoms with Gasteiger partial charge in [-0.05, 0) is 41.5 Å². The van der Waals surface area contributed by atoms with E-state index in [1.54, 1.807) is 0 Å². The maximum absolute atomic E-state index is 6.34. The fraction of sp³-hybridized carbons (Fsp3) is 0.294. The summed E-state index contributed by atoms with van der Waals surface area (Å²) in [5.74, 6) is 0.990. The Morgan fingerprint density at radius 1 is 1.19 bits per heavy atom. The Kier molecular flexibility index (Phi) is 4.10. The van der Waals surface area contributed by atoms with Gasteiger partial charge >= 0.3 is 0 Å². The van der Waals surface area contributed by atoms with Crippen molar-refractivity contribution in [2.45, 2.75) is 24.1 Å². The highest BCUT2D eigenvalue weighted by atomic mass is 79.9. The predicted octanol–water partition coefficient (Wildman–Crippen LogP) is 6.26. The second-order valence-corrected chi connectivity index (χ2v) is 8.20. The molecule has 0 bridgehead atoms. The predicted molar refractivity (Wildman–Crippen MR) is 94.9 cm³/mol. The first-order valence-corrected chi connectivity index (χ1v) is 8.83. The Bertz CT molecular complexity index is 697. The molecule has 1 nitrogen and oxygen atoms in total. The van der Waals surface area contributed by atoms with Crippen LogP contribution in [0, 0.1) is 0 Å². The molecule has 0 N–H and O–H groups in total. The minimum absolute atomic E-state index is 0.0547. The molecule has 0 saturated carbocycles. The summed E-state index contributed by atoms with van der Waals surface area (Å²) < 4.78 is 6.77. The van der Waals surface area contributed by atoms with E-state index in [4.69, 9.17) is 16.3 Å². The van der Waals surface area contributed by atoms with Crippen LogP contribution in [0.4, 0.5) is 0 Å². The molecule has 0 spiro atoms. The van der Waals surface area contributed by atoms with Crippen LogP contribution in [0.1, 0.15) is 35.4 Å². The maximum Gasteiger partial charge on any atom is 0.123 e. The van der Waals surface area contributed by atoms with Crippen molar-refractivity contribution in [1.29, 1.82) is 0 Å². The smallest absolute Gasteiger partial charge is 0.123 e. The van der Waals surface area contributed by atoms with Gasteiger partial charge in [0.05, 0.1) is 11.4 Å². The van der Waals surface area contributed by atoms with Crippen molar-refractivity contribution in [3.05, 3.63) is 62.6 Å². The summed E-state index contributed by atoms with van der Waals surface area (Å²) in [5, 5.41) is 0.760. The summed E-state index contributed by atoms with van der Waals surface area (Å²) >= 11 is 13.6. The van der Waals surface area contributed by atoms with Gasteiger partial charge in [0, 0.05) is 20.5 Å². The van der Waals surface area contributed by atoms with Gasteiger partial charge in [-0.1, -0.05) is 63.4 Å². The molecule has 1 atom stereocenters. The Morgan fingerprint density at radius 3 is 2.71 bits per heavy atom. The van der Waals surface area contributed by atoms with E-state index in [9.17, 15) is 0 Å². The number of hydrogen-bond donors (Lipinski definition) is 0. The van der Waals surface area contributed by atoms with E-state index in [1.807, 2.05) is 12.1 Å². The van der Waals surface area contributed by atoms with E-state index in [2.05, 4.69) is 70.0 Å². The fourth-order valence-electron chi connectivity index (χ4n) is 2.58. The zero-order chi connectivity index (χ0) is 15.2. The molecule has 21 heavy (non-hydrogen) atoms. The van der Waals surface area contributed by atoms with E-state index in [0.29, 0.717) is 0 Å². The molecule has 1 heterocycles. The normalized spacial score (nSPS) is 17.2. The molecule has 1 unspecified atom stereocenters. The summed E-state index contributed by atoms with van der Waals surface area (Å²) in [4.78, 5) is 0.0594. The molecule has 2 aromatic rings. The molecule has 0 radical (unpaired) electrons. The molecular weight excluding hydrogens is 415 g/mol. The van der Waals surface area contributed by atoms with Crippen molar-refractivity contribution in [1.82, 2.24) is 0 Å². The average Bonchev–Trinajstić information content (AvgIpc) is 2.76. The van der Waals surface area contributed by atoms with Gasteiger partial charge in [-0.15, -0.1) is 0 Å². The second-order valence-electron chi connectivity index (χ2n) is 5.96. The molecule has 4 heteroatoms. The minimum atomic E-state index is 0.0547. The van der Waals surface area contributed by atoms with Gasteiger partial charge in [0.25, 0.3) is 0 Å². The third-order valence-electron chi connectivity index (χ3n) is 3.85. The van der Waals surface area contributed by atoms with Gasteiger partial charge in [-0.3, -0.25) is 0 Å². The number of halogens is 3. The first kappa shape index (κ1) is 15.4. The van der Waals surface area contributed by atoms with E-state index >= 15 is 0 Å². The Morgan fingerprint density at radius 2 is 1.95 bits per heavy atom. The van der Waals surface area contributed by atoms with Crippen LogP contribution in [0.25, 0.3) is 0 Å². The quantitative estimate of drug-likeness (QED) is 0.511. The minimum Gasteiger partial charge on any atom is -0.492 e. The van der Waals surface area contributed by atoms with E-state index in [1.165, 1.54) is 11.1 Å². The second kappa shape index (κ2) is 5.60. The molecule has 3 rings (SSSR count). The van der Waals surface area contributed by atoms with Crippen molar-refractivity contribution in [2.24, 2.45) is 0 Å². The fourth-order valence-corrected chi connectivity index (χ4v) is 3.99. The van der Waals surface area contributed by atoms with Crippen molar-refractivity contribution in [2.75, 3.05) is 6.61 Å². The van der Waals surface area contributed by atoms with Crippen LogP contribution < -0.4 is 4.74 Å². The lowest BCUT2D eigenvalue weighted by atomic mass is 9.85. The van der Waals surface area contributed by atoms with Crippen molar-refractivity contribution in [3.8, 4) is 5.75 Å². The Hall–Kier alpha value is -0.510. The Labute approximate surface area is 146 Å². The van der Waals surface area contributed by atoms with Crippen LogP contribution in [0.15, 0.2) is 40.9 Å². The number of fused-ring (bicyclic) bond motifs is 1. The van der Waals surface area contributed by atoms with E-state index in [0.717, 1.165) is 27.4 Å². The summed E-state index contributed by atoms with van der Waals surface area (Å²) in [6, 6.07) is 12.3. The summed E-state index contributed by atoms with van der Waals surface area (Å²) in [7, 11) is 0. The molecule has 110 valence electrons. The molecule has 0 saturated heterocycles. The van der Waals surface area contributed by atoms with Crippen LogP contribution in [-0.2, 0) is 5.41 Å². The van der Waals surface area contributed by atoms with Crippen molar-refractivity contribution in [3.63, 3.8) is 0 Å². The third-order valence-corrected chi connectivity index (χ3v) is 5.70. The molecule has 0 aromatic heterocycles. The summed E-state index contributed by atoms with van der Waals surface area (Å²) in [6.07, 6.45) is 0. The lowest BCUT2D eigenvalue weighted by molar-refractivity contribution is 0.291. The van der Waals surface area contributed by atoms with E-state index < -0.39 is 0 Å². The summed E-state index contributed by atoms with van der Waals surface area (Å²) in [5.41, 5.74) is 3.56. The lowest BCUT2D eigenvalue weighted by Crippen LogP contribution is -2.18. The van der Waals surface area contributed by atoms with Crippen LogP contribution in [0.3, 0.4) is 0 Å². The number of alkyl halides is 1. The average molecular weight is 431 g/mol. The van der Waals surface area contributed by atoms with Crippen molar-refractivity contribution >= 4 is 43.5 Å².